The van der Waals surface area contributed by atoms with Crippen molar-refractivity contribution in [1.82, 2.24) is 5.32 Å². The minimum Gasteiger partial charge on any atom is -0.496 e. The number of anilines is 2. The average molecular weight is 492 g/mol. The van der Waals surface area contributed by atoms with Gasteiger partial charge in [0.1, 0.15) is 19.0 Å². The van der Waals surface area contributed by atoms with Gasteiger partial charge in [-0.1, -0.05) is 18.2 Å². The minimum atomic E-state index is -0.632. The van der Waals surface area contributed by atoms with Crippen LogP contribution in [0.4, 0.5) is 17.1 Å². The van der Waals surface area contributed by atoms with Gasteiger partial charge in [0.2, 0.25) is 5.91 Å². The quantitative estimate of drug-likeness (QED) is 0.305. The van der Waals surface area contributed by atoms with E-state index in [-0.39, 0.29) is 23.5 Å². The number of methoxy groups -OCH3 is 1. The smallest absolute Gasteiger partial charge is 0.270 e. The topological polar surface area (TPSA) is 141 Å². The Morgan fingerprint density at radius 3 is 2.56 bits per heavy atom. The lowest BCUT2D eigenvalue weighted by atomic mass is 10.1. The Morgan fingerprint density at radius 1 is 1.00 bits per heavy atom. The van der Waals surface area contributed by atoms with Gasteiger partial charge >= 0.3 is 0 Å². The number of amides is 2. The number of non-ortho nitro benzene ring substituents is 1. The molecule has 0 radical (unpaired) electrons. The van der Waals surface area contributed by atoms with Crippen LogP contribution in [0.25, 0.3) is 0 Å². The summed E-state index contributed by atoms with van der Waals surface area (Å²) in [5, 5.41) is 19.6. The fourth-order valence-electron chi connectivity index (χ4n) is 3.62. The van der Waals surface area contributed by atoms with Crippen molar-refractivity contribution in [3.63, 3.8) is 0 Å². The van der Waals surface area contributed by atoms with Crippen molar-refractivity contribution in [3.05, 3.63) is 81.9 Å². The zero-order valence-electron chi connectivity index (χ0n) is 19.4. The van der Waals surface area contributed by atoms with Gasteiger partial charge in [-0.3, -0.25) is 19.7 Å². The number of nitro groups is 1. The fraction of sp³-hybridized carbons (Fsp3) is 0.200. The van der Waals surface area contributed by atoms with Crippen LogP contribution in [0.1, 0.15) is 15.9 Å². The number of nitrogens with one attached hydrogen (secondary N) is 3. The molecule has 0 saturated carbocycles. The van der Waals surface area contributed by atoms with Crippen molar-refractivity contribution >= 4 is 28.9 Å². The third kappa shape index (κ3) is 5.88. The van der Waals surface area contributed by atoms with Crippen LogP contribution in [-0.2, 0) is 11.3 Å². The molecule has 1 aliphatic heterocycles. The van der Waals surface area contributed by atoms with E-state index in [0.29, 0.717) is 42.7 Å². The van der Waals surface area contributed by atoms with Crippen molar-refractivity contribution in [2.24, 2.45) is 0 Å². The van der Waals surface area contributed by atoms with Crippen molar-refractivity contribution in [2.45, 2.75) is 6.54 Å². The van der Waals surface area contributed by atoms with Crippen LogP contribution >= 0.6 is 0 Å². The molecule has 1 heterocycles. The number of carbonyl (C=O) groups is 2. The number of hydrogen-bond acceptors (Lipinski definition) is 8. The molecule has 11 heteroatoms. The molecule has 2 amide bonds. The second-order valence-corrected chi connectivity index (χ2v) is 7.76. The fourth-order valence-corrected chi connectivity index (χ4v) is 3.62. The molecule has 36 heavy (non-hydrogen) atoms. The summed E-state index contributed by atoms with van der Waals surface area (Å²) in [6.07, 6.45) is 0. The Bertz CT molecular complexity index is 1300. The molecule has 3 aromatic rings. The number of para-hydroxylation sites is 1. The third-order valence-electron chi connectivity index (χ3n) is 5.33. The molecule has 0 aliphatic carbocycles. The lowest BCUT2D eigenvalue weighted by molar-refractivity contribution is -0.384. The summed E-state index contributed by atoms with van der Waals surface area (Å²) in [6, 6.07) is 16.0. The van der Waals surface area contributed by atoms with E-state index < -0.39 is 16.7 Å². The first-order valence-corrected chi connectivity index (χ1v) is 11.1. The summed E-state index contributed by atoms with van der Waals surface area (Å²) in [4.78, 5) is 36.3. The molecule has 3 aromatic carbocycles. The van der Waals surface area contributed by atoms with Gasteiger partial charge in [-0.2, -0.15) is 0 Å². The molecule has 1 aliphatic rings. The van der Waals surface area contributed by atoms with Gasteiger partial charge in [-0.25, -0.2) is 0 Å². The zero-order chi connectivity index (χ0) is 25.5. The first kappa shape index (κ1) is 24.5. The standard InChI is InChI=1S/C25H24N4O7/c1-34-21-5-3-2-4-16(21)14-26-15-24(30)28-20-8-7-18(29(32)33)13-19(20)25(31)27-17-6-9-22-23(12-17)36-11-10-35-22/h2-9,12-13,26H,10-11,14-15H2,1H3,(H,27,31)(H,28,30). The molecule has 0 bridgehead atoms. The largest absolute Gasteiger partial charge is 0.496 e. The maximum atomic E-state index is 13.0. The van der Waals surface area contributed by atoms with Crippen molar-refractivity contribution in [2.75, 3.05) is 37.5 Å². The first-order chi connectivity index (χ1) is 17.4. The van der Waals surface area contributed by atoms with Gasteiger partial charge in [-0.05, 0) is 24.3 Å². The molecular weight excluding hydrogens is 468 g/mol. The highest BCUT2D eigenvalue weighted by molar-refractivity contribution is 6.10. The maximum Gasteiger partial charge on any atom is 0.270 e. The van der Waals surface area contributed by atoms with E-state index in [1.165, 1.54) is 12.1 Å². The van der Waals surface area contributed by atoms with Crippen molar-refractivity contribution in [1.29, 1.82) is 0 Å². The van der Waals surface area contributed by atoms with Crippen LogP contribution in [0.15, 0.2) is 60.7 Å². The van der Waals surface area contributed by atoms with Gasteiger partial charge in [0.25, 0.3) is 11.6 Å². The van der Waals surface area contributed by atoms with E-state index >= 15 is 0 Å². The molecule has 0 aromatic heterocycles. The van der Waals surface area contributed by atoms with Gasteiger partial charge in [0.15, 0.2) is 11.5 Å². The molecule has 0 spiro atoms. The number of carbonyl (C=O) groups excluding carboxylic acids is 2. The Kier molecular flexibility index (Phi) is 7.61. The lowest BCUT2D eigenvalue weighted by Crippen LogP contribution is -2.28. The Balaban J connectivity index is 1.46. The first-order valence-electron chi connectivity index (χ1n) is 11.1. The number of rotatable bonds is 9. The molecule has 0 unspecified atom stereocenters. The Labute approximate surface area is 206 Å². The van der Waals surface area contributed by atoms with E-state index in [2.05, 4.69) is 16.0 Å². The van der Waals surface area contributed by atoms with Gasteiger partial charge in [0.05, 0.1) is 29.8 Å². The highest BCUT2D eigenvalue weighted by Gasteiger charge is 2.20. The monoisotopic (exact) mass is 492 g/mol. The highest BCUT2D eigenvalue weighted by Crippen LogP contribution is 2.33. The SMILES string of the molecule is COc1ccccc1CNCC(=O)Nc1ccc([N+](=O)[O-])cc1C(=O)Nc1ccc2c(c1)OCCO2. The van der Waals surface area contributed by atoms with Gasteiger partial charge < -0.3 is 30.2 Å². The number of fused-ring (bicyclic) bond motifs is 1. The molecule has 0 atom stereocenters. The van der Waals surface area contributed by atoms with E-state index in [9.17, 15) is 19.7 Å². The average Bonchev–Trinajstić information content (AvgIpc) is 2.89. The van der Waals surface area contributed by atoms with E-state index in [0.717, 1.165) is 11.6 Å². The third-order valence-corrected chi connectivity index (χ3v) is 5.33. The normalized spacial score (nSPS) is 11.9. The Hall–Kier alpha value is -4.64. The van der Waals surface area contributed by atoms with Crippen LogP contribution in [0, 0.1) is 10.1 Å². The van der Waals surface area contributed by atoms with Crippen LogP contribution in [0.3, 0.4) is 0 Å². The van der Waals surface area contributed by atoms with Crippen molar-refractivity contribution in [3.8, 4) is 17.2 Å². The van der Waals surface area contributed by atoms with Gasteiger partial charge in [0, 0.05) is 36.0 Å². The van der Waals surface area contributed by atoms with Crippen molar-refractivity contribution < 1.29 is 28.7 Å². The summed E-state index contributed by atoms with van der Waals surface area (Å²) in [6.45, 7) is 1.15. The minimum absolute atomic E-state index is 0.0573. The number of nitrogens with zero attached hydrogens (tertiary/aromatic N) is 1. The summed E-state index contributed by atoms with van der Waals surface area (Å²) < 4.78 is 16.3. The van der Waals surface area contributed by atoms with E-state index in [1.807, 2.05) is 24.3 Å². The molecule has 0 fully saturated rings. The number of benzene rings is 3. The predicted molar refractivity (Wildman–Crippen MR) is 132 cm³/mol. The predicted octanol–water partition coefficient (Wildman–Crippen LogP) is 3.36. The summed E-state index contributed by atoms with van der Waals surface area (Å²) in [7, 11) is 1.57. The summed E-state index contributed by atoms with van der Waals surface area (Å²) in [5.41, 5.74) is 1.08. The van der Waals surface area contributed by atoms with Crippen LogP contribution in [0.5, 0.6) is 17.2 Å². The molecule has 186 valence electrons. The van der Waals surface area contributed by atoms with Crippen LogP contribution < -0.4 is 30.2 Å². The summed E-state index contributed by atoms with van der Waals surface area (Å²) in [5.74, 6) is 0.676. The van der Waals surface area contributed by atoms with Gasteiger partial charge in [-0.15, -0.1) is 0 Å². The molecule has 3 N–H and O–H groups in total. The lowest BCUT2D eigenvalue weighted by Gasteiger charge is -2.19. The maximum absolute atomic E-state index is 13.0. The molecule has 0 saturated heterocycles. The van der Waals surface area contributed by atoms with Crippen LogP contribution in [0.2, 0.25) is 0 Å². The number of ether oxygens (including phenoxy) is 3. The highest BCUT2D eigenvalue weighted by atomic mass is 16.6. The van der Waals surface area contributed by atoms with E-state index in [1.54, 1.807) is 25.3 Å². The Morgan fingerprint density at radius 2 is 1.78 bits per heavy atom. The second kappa shape index (κ2) is 11.2. The molecule has 11 nitrogen and oxygen atoms in total. The zero-order valence-corrected chi connectivity index (χ0v) is 19.4. The summed E-state index contributed by atoms with van der Waals surface area (Å²) >= 11 is 0. The van der Waals surface area contributed by atoms with E-state index in [4.69, 9.17) is 14.2 Å². The van der Waals surface area contributed by atoms with Crippen LogP contribution in [-0.4, -0.2) is 43.6 Å². The number of hydrogen-bond donors (Lipinski definition) is 3. The second-order valence-electron chi connectivity index (χ2n) is 7.76. The molecule has 4 rings (SSSR count). The number of nitro benzene ring substituents is 1. The molecular formula is C25H24N4O7.